The van der Waals surface area contributed by atoms with Crippen molar-refractivity contribution >= 4 is 23.3 Å². The van der Waals surface area contributed by atoms with Crippen molar-refractivity contribution in [2.24, 2.45) is 0 Å². The molecule has 138 valence electrons. The highest BCUT2D eigenvalue weighted by molar-refractivity contribution is 6.33. The van der Waals surface area contributed by atoms with Gasteiger partial charge in [0.25, 0.3) is 0 Å². The molecular weight excluding hydrogens is 362 g/mol. The smallest absolute Gasteiger partial charge is 0.337 e. The van der Waals surface area contributed by atoms with E-state index in [1.165, 1.54) is 11.6 Å². The van der Waals surface area contributed by atoms with E-state index in [9.17, 15) is 4.79 Å². The number of aromatic carboxylic acids is 1. The van der Waals surface area contributed by atoms with Crippen LogP contribution in [0.1, 0.15) is 27.0 Å². The highest BCUT2D eigenvalue weighted by Crippen LogP contribution is 2.21. The molecule has 0 saturated carbocycles. The van der Waals surface area contributed by atoms with E-state index in [-0.39, 0.29) is 10.6 Å². The topological polar surface area (TPSA) is 58.6 Å². The lowest BCUT2D eigenvalue weighted by Crippen LogP contribution is -2.03. The predicted octanol–water partition coefficient (Wildman–Crippen LogP) is 5.54. The molecule has 3 aromatic carbocycles. The van der Waals surface area contributed by atoms with Gasteiger partial charge in [0.1, 0.15) is 12.4 Å². The number of nitrogens with one attached hydrogen (secondary N) is 1. The maximum Gasteiger partial charge on any atom is 0.337 e. The Bertz CT molecular complexity index is 939. The molecule has 0 aliphatic carbocycles. The lowest BCUT2D eigenvalue weighted by atomic mass is 10.1. The molecule has 3 rings (SSSR count). The van der Waals surface area contributed by atoms with Crippen LogP contribution in [0.3, 0.4) is 0 Å². The van der Waals surface area contributed by atoms with Crippen molar-refractivity contribution in [3.8, 4) is 5.75 Å². The molecule has 4 nitrogen and oxygen atoms in total. The van der Waals surface area contributed by atoms with Crippen LogP contribution < -0.4 is 10.1 Å². The maximum atomic E-state index is 11.1. The summed E-state index contributed by atoms with van der Waals surface area (Å²) in [4.78, 5) is 11.1. The van der Waals surface area contributed by atoms with Gasteiger partial charge in [0.05, 0.1) is 10.6 Å². The Labute approximate surface area is 163 Å². The summed E-state index contributed by atoms with van der Waals surface area (Å²) in [5.41, 5.74) is 4.20. The van der Waals surface area contributed by atoms with Crippen molar-refractivity contribution in [2.75, 3.05) is 5.32 Å². The molecule has 0 atom stereocenters. The van der Waals surface area contributed by atoms with Crippen molar-refractivity contribution < 1.29 is 14.6 Å². The molecule has 0 aliphatic rings. The van der Waals surface area contributed by atoms with Gasteiger partial charge in [0, 0.05) is 12.2 Å². The Morgan fingerprint density at radius 3 is 2.52 bits per heavy atom. The van der Waals surface area contributed by atoms with E-state index in [1.54, 1.807) is 12.1 Å². The summed E-state index contributed by atoms with van der Waals surface area (Å²) in [6, 6.07) is 20.9. The average molecular weight is 382 g/mol. The molecule has 0 unspecified atom stereocenters. The second kappa shape index (κ2) is 8.60. The molecule has 3 aromatic rings. The van der Waals surface area contributed by atoms with E-state index < -0.39 is 5.97 Å². The predicted molar refractivity (Wildman–Crippen MR) is 108 cm³/mol. The number of aryl methyl sites for hydroxylation is 1. The summed E-state index contributed by atoms with van der Waals surface area (Å²) in [7, 11) is 0. The quantitative estimate of drug-likeness (QED) is 0.564. The summed E-state index contributed by atoms with van der Waals surface area (Å²) >= 11 is 5.89. The van der Waals surface area contributed by atoms with E-state index in [2.05, 4.69) is 24.4 Å². The van der Waals surface area contributed by atoms with Crippen molar-refractivity contribution in [3.63, 3.8) is 0 Å². The minimum absolute atomic E-state index is 0.0848. The molecule has 0 fully saturated rings. The highest BCUT2D eigenvalue weighted by Gasteiger charge is 2.09. The number of ether oxygens (including phenoxy) is 1. The zero-order valence-electron chi connectivity index (χ0n) is 14.9. The van der Waals surface area contributed by atoms with Gasteiger partial charge in [-0.3, -0.25) is 0 Å². The van der Waals surface area contributed by atoms with Crippen molar-refractivity contribution in [2.45, 2.75) is 20.1 Å². The number of carboxylic acid groups (broad SMARTS) is 1. The summed E-state index contributed by atoms with van der Waals surface area (Å²) in [6.45, 7) is 3.16. The molecular formula is C22H20ClNO3. The van der Waals surface area contributed by atoms with Crippen LogP contribution >= 0.6 is 11.6 Å². The first-order valence-electron chi connectivity index (χ1n) is 8.55. The standard InChI is InChI=1S/C22H20ClNO3/c1-15-3-2-4-17(11-15)14-27-19-8-5-16(6-9-19)13-24-18-7-10-21(23)20(12-18)22(25)26/h2-12,24H,13-14H2,1H3,(H,25,26). The number of rotatable bonds is 7. The molecule has 0 heterocycles. The van der Waals surface area contributed by atoms with E-state index >= 15 is 0 Å². The lowest BCUT2D eigenvalue weighted by Gasteiger charge is -2.10. The SMILES string of the molecule is Cc1cccc(COc2ccc(CNc3ccc(Cl)c(C(=O)O)c3)cc2)c1. The van der Waals surface area contributed by atoms with E-state index in [0.717, 1.165) is 16.9 Å². The van der Waals surface area contributed by atoms with E-state index in [1.807, 2.05) is 36.4 Å². The van der Waals surface area contributed by atoms with Gasteiger partial charge in [-0.05, 0) is 48.4 Å². The maximum absolute atomic E-state index is 11.1. The van der Waals surface area contributed by atoms with Gasteiger partial charge in [-0.1, -0.05) is 53.6 Å². The third-order valence-electron chi connectivity index (χ3n) is 4.10. The second-order valence-corrected chi connectivity index (χ2v) is 6.68. The fourth-order valence-electron chi connectivity index (χ4n) is 2.68. The van der Waals surface area contributed by atoms with Crippen molar-refractivity contribution in [3.05, 3.63) is 94.0 Å². The van der Waals surface area contributed by atoms with Crippen LogP contribution in [0.4, 0.5) is 5.69 Å². The summed E-state index contributed by atoms with van der Waals surface area (Å²) in [5.74, 6) is -0.237. The molecule has 0 amide bonds. The van der Waals surface area contributed by atoms with Crippen molar-refractivity contribution in [1.29, 1.82) is 0 Å². The number of carbonyl (C=O) groups is 1. The number of benzene rings is 3. The Hall–Kier alpha value is -2.98. The van der Waals surface area contributed by atoms with Crippen LogP contribution in [-0.2, 0) is 13.2 Å². The number of carboxylic acids is 1. The molecule has 5 heteroatoms. The fraction of sp³-hybridized carbons (Fsp3) is 0.136. The summed E-state index contributed by atoms with van der Waals surface area (Å²) < 4.78 is 5.82. The van der Waals surface area contributed by atoms with Gasteiger partial charge in [0.2, 0.25) is 0 Å². The molecule has 0 radical (unpaired) electrons. The first-order chi connectivity index (χ1) is 13.0. The molecule has 0 saturated heterocycles. The highest BCUT2D eigenvalue weighted by atomic mass is 35.5. The van der Waals surface area contributed by atoms with E-state index in [4.69, 9.17) is 21.4 Å². The van der Waals surface area contributed by atoms with Crippen LogP contribution in [0.15, 0.2) is 66.7 Å². The zero-order valence-corrected chi connectivity index (χ0v) is 15.7. The Kier molecular flexibility index (Phi) is 5.99. The average Bonchev–Trinajstić information content (AvgIpc) is 2.66. The molecule has 0 spiro atoms. The van der Waals surface area contributed by atoms with Gasteiger partial charge in [-0.15, -0.1) is 0 Å². The molecule has 0 aromatic heterocycles. The Morgan fingerprint density at radius 1 is 1.04 bits per heavy atom. The molecule has 2 N–H and O–H groups in total. The van der Waals surface area contributed by atoms with E-state index in [0.29, 0.717) is 18.8 Å². The first-order valence-corrected chi connectivity index (χ1v) is 8.93. The fourth-order valence-corrected chi connectivity index (χ4v) is 2.87. The molecule has 0 bridgehead atoms. The molecule has 27 heavy (non-hydrogen) atoms. The third-order valence-corrected chi connectivity index (χ3v) is 4.43. The largest absolute Gasteiger partial charge is 0.489 e. The molecule has 0 aliphatic heterocycles. The minimum Gasteiger partial charge on any atom is -0.489 e. The van der Waals surface area contributed by atoms with Gasteiger partial charge >= 0.3 is 5.97 Å². The lowest BCUT2D eigenvalue weighted by molar-refractivity contribution is 0.0697. The second-order valence-electron chi connectivity index (χ2n) is 6.28. The number of hydrogen-bond acceptors (Lipinski definition) is 3. The number of anilines is 1. The van der Waals surface area contributed by atoms with Crippen LogP contribution in [0.5, 0.6) is 5.75 Å². The summed E-state index contributed by atoms with van der Waals surface area (Å²) in [5, 5.41) is 12.6. The van der Waals surface area contributed by atoms with Gasteiger partial charge in [0.15, 0.2) is 0 Å². The third kappa shape index (κ3) is 5.25. The van der Waals surface area contributed by atoms with Crippen LogP contribution in [-0.4, -0.2) is 11.1 Å². The number of halogens is 1. The number of hydrogen-bond donors (Lipinski definition) is 2. The van der Waals surface area contributed by atoms with Crippen LogP contribution in [0.25, 0.3) is 0 Å². The van der Waals surface area contributed by atoms with Gasteiger partial charge < -0.3 is 15.2 Å². The van der Waals surface area contributed by atoms with Crippen LogP contribution in [0.2, 0.25) is 5.02 Å². The zero-order chi connectivity index (χ0) is 19.2. The summed E-state index contributed by atoms with van der Waals surface area (Å²) in [6.07, 6.45) is 0. The normalized spacial score (nSPS) is 10.4. The van der Waals surface area contributed by atoms with Gasteiger partial charge in [-0.25, -0.2) is 4.79 Å². The Morgan fingerprint density at radius 2 is 1.81 bits per heavy atom. The monoisotopic (exact) mass is 381 g/mol. The van der Waals surface area contributed by atoms with Crippen molar-refractivity contribution in [1.82, 2.24) is 0 Å². The van der Waals surface area contributed by atoms with Crippen LogP contribution in [0, 0.1) is 6.92 Å². The minimum atomic E-state index is -1.04. The first kappa shape index (κ1) is 18.8. The Balaban J connectivity index is 1.56. The van der Waals surface area contributed by atoms with Gasteiger partial charge in [-0.2, -0.15) is 0 Å².